The number of ether oxygens (including phenoxy) is 1. The van der Waals surface area contributed by atoms with Gasteiger partial charge < -0.3 is 15.4 Å². The molecule has 1 heterocycles. The molecule has 0 saturated heterocycles. The Kier molecular flexibility index (Phi) is 6.56. The van der Waals surface area contributed by atoms with Gasteiger partial charge >= 0.3 is 6.18 Å². The average Bonchev–Trinajstić information content (AvgIpc) is 2.61. The van der Waals surface area contributed by atoms with Gasteiger partial charge in [0.05, 0.1) is 11.6 Å². The summed E-state index contributed by atoms with van der Waals surface area (Å²) in [5.41, 5.74) is -1.01. The molecule has 3 N–H and O–H groups in total. The molecule has 146 valence electrons. The number of carbonyl (C=O) groups is 1. The number of hydrogen-bond donors (Lipinski definition) is 3. The summed E-state index contributed by atoms with van der Waals surface area (Å²) in [6, 6.07) is 4.78. The Morgan fingerprint density at radius 2 is 1.96 bits per heavy atom. The fourth-order valence-corrected chi connectivity index (χ4v) is 2.18. The number of carbonyl (C=O) groups excluding carboxylic acids is 1. The third kappa shape index (κ3) is 5.81. The number of nitrogens with one attached hydrogen (secondary N) is 3. The second kappa shape index (κ2) is 8.67. The van der Waals surface area contributed by atoms with Crippen LogP contribution in [0.5, 0.6) is 6.01 Å². The van der Waals surface area contributed by atoms with Crippen LogP contribution in [-0.4, -0.2) is 36.1 Å². The number of aromatic amines is 1. The highest BCUT2D eigenvalue weighted by Gasteiger charge is 2.30. The molecule has 0 spiro atoms. The minimum atomic E-state index is -4.43. The van der Waals surface area contributed by atoms with Crippen molar-refractivity contribution in [1.82, 2.24) is 20.6 Å². The van der Waals surface area contributed by atoms with Crippen LogP contribution in [0.25, 0.3) is 0 Å². The summed E-state index contributed by atoms with van der Waals surface area (Å²) >= 11 is 0. The van der Waals surface area contributed by atoms with E-state index in [9.17, 15) is 22.8 Å². The predicted octanol–water partition coefficient (Wildman–Crippen LogP) is 1.88. The molecule has 0 saturated carbocycles. The van der Waals surface area contributed by atoms with Crippen molar-refractivity contribution < 1.29 is 22.7 Å². The topological polar surface area (TPSA) is 96.1 Å². The van der Waals surface area contributed by atoms with Crippen molar-refractivity contribution in [2.45, 2.75) is 19.1 Å². The van der Waals surface area contributed by atoms with Crippen molar-refractivity contribution in [3.8, 4) is 6.01 Å². The van der Waals surface area contributed by atoms with Crippen molar-refractivity contribution in [2.75, 3.05) is 20.2 Å². The summed E-state index contributed by atoms with van der Waals surface area (Å²) in [5, 5.41) is 5.44. The Balaban J connectivity index is 2.08. The fraction of sp³-hybridized carbons (Fsp3) is 0.353. The third-order valence-electron chi connectivity index (χ3n) is 3.63. The normalized spacial score (nSPS) is 12.5. The predicted molar refractivity (Wildman–Crippen MR) is 91.6 cm³/mol. The second-order valence-electron chi connectivity index (χ2n) is 5.70. The van der Waals surface area contributed by atoms with Crippen LogP contribution in [-0.2, 0) is 6.18 Å². The summed E-state index contributed by atoms with van der Waals surface area (Å²) in [5.74, 6) is -0.646. The molecule has 0 radical (unpaired) electrons. The largest absolute Gasteiger partial charge is 0.463 e. The van der Waals surface area contributed by atoms with Gasteiger partial charge in [-0.2, -0.15) is 18.2 Å². The summed E-state index contributed by atoms with van der Waals surface area (Å²) in [4.78, 5) is 30.3. The number of amides is 1. The van der Waals surface area contributed by atoms with E-state index in [2.05, 4.69) is 20.6 Å². The SMILES string of the molecule is CNCCOc1nc(C(=O)NC(C)c2ccc(C(F)(F)F)cc2)cc(=O)[nH]1. The first-order valence-corrected chi connectivity index (χ1v) is 8.07. The van der Waals surface area contributed by atoms with Crippen LogP contribution in [0.2, 0.25) is 0 Å². The number of nitrogens with zero attached hydrogens (tertiary/aromatic N) is 1. The summed E-state index contributed by atoms with van der Waals surface area (Å²) in [6.07, 6.45) is -4.43. The molecule has 0 bridgehead atoms. The van der Waals surface area contributed by atoms with E-state index in [0.717, 1.165) is 18.2 Å². The van der Waals surface area contributed by atoms with E-state index in [4.69, 9.17) is 4.74 Å². The first kappa shape index (κ1) is 20.4. The van der Waals surface area contributed by atoms with Crippen molar-refractivity contribution in [1.29, 1.82) is 0 Å². The van der Waals surface area contributed by atoms with Gasteiger partial charge in [-0.25, -0.2) is 0 Å². The number of H-pyrrole nitrogens is 1. The maximum Gasteiger partial charge on any atom is 0.416 e. The zero-order valence-electron chi connectivity index (χ0n) is 14.7. The molecule has 1 aromatic heterocycles. The lowest BCUT2D eigenvalue weighted by molar-refractivity contribution is -0.137. The Hall–Kier alpha value is -2.88. The van der Waals surface area contributed by atoms with Crippen LogP contribution in [0, 0.1) is 0 Å². The van der Waals surface area contributed by atoms with Crippen molar-refractivity contribution in [3.05, 3.63) is 57.5 Å². The molecule has 10 heteroatoms. The quantitative estimate of drug-likeness (QED) is 0.634. The van der Waals surface area contributed by atoms with Gasteiger partial charge in [-0.1, -0.05) is 12.1 Å². The number of rotatable bonds is 7. The van der Waals surface area contributed by atoms with Crippen LogP contribution >= 0.6 is 0 Å². The number of likely N-dealkylation sites (N-methyl/N-ethyl adjacent to an activating group) is 1. The van der Waals surface area contributed by atoms with E-state index < -0.39 is 29.2 Å². The summed E-state index contributed by atoms with van der Waals surface area (Å²) < 4.78 is 43.1. The standard InChI is InChI=1S/C17H19F3N4O3/c1-10(11-3-5-12(6-4-11)17(18,19)20)22-15(26)13-9-14(25)24-16(23-13)27-8-7-21-2/h3-6,9-10,21H,7-8H2,1-2H3,(H,22,26)(H,23,24,25). The Labute approximate surface area is 153 Å². The van der Waals surface area contributed by atoms with Crippen LogP contribution in [0.1, 0.15) is 34.6 Å². The molecule has 7 nitrogen and oxygen atoms in total. The maximum absolute atomic E-state index is 12.6. The van der Waals surface area contributed by atoms with Gasteiger partial charge in [0.1, 0.15) is 12.3 Å². The van der Waals surface area contributed by atoms with Gasteiger partial charge in [0.25, 0.3) is 17.5 Å². The van der Waals surface area contributed by atoms with Gasteiger partial charge in [-0.3, -0.25) is 14.6 Å². The number of benzene rings is 1. The van der Waals surface area contributed by atoms with Crippen LogP contribution in [0.15, 0.2) is 35.1 Å². The van der Waals surface area contributed by atoms with Crippen molar-refractivity contribution in [2.24, 2.45) is 0 Å². The Bertz CT molecular complexity index is 835. The van der Waals surface area contributed by atoms with E-state index in [1.165, 1.54) is 12.1 Å². The molecule has 0 aliphatic heterocycles. The highest BCUT2D eigenvalue weighted by atomic mass is 19.4. The minimum Gasteiger partial charge on any atom is -0.463 e. The molecule has 1 aromatic carbocycles. The maximum atomic E-state index is 12.6. The van der Waals surface area contributed by atoms with E-state index in [1.807, 2.05) is 0 Å². The van der Waals surface area contributed by atoms with E-state index in [0.29, 0.717) is 12.1 Å². The lowest BCUT2D eigenvalue weighted by atomic mass is 10.1. The van der Waals surface area contributed by atoms with Crippen LogP contribution in [0.3, 0.4) is 0 Å². The van der Waals surface area contributed by atoms with E-state index in [-0.39, 0.29) is 18.3 Å². The smallest absolute Gasteiger partial charge is 0.416 e. The fourth-order valence-electron chi connectivity index (χ4n) is 2.18. The van der Waals surface area contributed by atoms with Crippen LogP contribution < -0.4 is 20.9 Å². The van der Waals surface area contributed by atoms with Gasteiger partial charge in [0, 0.05) is 12.6 Å². The minimum absolute atomic E-state index is 0.0925. The molecule has 0 fully saturated rings. The Morgan fingerprint density at radius 1 is 1.30 bits per heavy atom. The molecular formula is C17H19F3N4O3. The molecule has 1 atom stereocenters. The van der Waals surface area contributed by atoms with Crippen molar-refractivity contribution >= 4 is 5.91 Å². The molecule has 2 aromatic rings. The number of halogens is 3. The molecular weight excluding hydrogens is 365 g/mol. The van der Waals surface area contributed by atoms with Crippen LogP contribution in [0.4, 0.5) is 13.2 Å². The lowest BCUT2D eigenvalue weighted by Crippen LogP contribution is -2.29. The zero-order valence-corrected chi connectivity index (χ0v) is 14.7. The van der Waals surface area contributed by atoms with E-state index >= 15 is 0 Å². The molecule has 0 aliphatic carbocycles. The Morgan fingerprint density at radius 3 is 2.56 bits per heavy atom. The van der Waals surface area contributed by atoms with E-state index in [1.54, 1.807) is 14.0 Å². The molecule has 1 unspecified atom stereocenters. The van der Waals surface area contributed by atoms with Gasteiger partial charge in [-0.05, 0) is 31.7 Å². The monoisotopic (exact) mass is 384 g/mol. The molecule has 2 rings (SSSR count). The van der Waals surface area contributed by atoms with Crippen molar-refractivity contribution in [3.63, 3.8) is 0 Å². The molecule has 0 aliphatic rings. The molecule has 27 heavy (non-hydrogen) atoms. The summed E-state index contributed by atoms with van der Waals surface area (Å²) in [7, 11) is 1.73. The highest BCUT2D eigenvalue weighted by molar-refractivity contribution is 5.92. The highest BCUT2D eigenvalue weighted by Crippen LogP contribution is 2.29. The lowest BCUT2D eigenvalue weighted by Gasteiger charge is -2.15. The number of aromatic nitrogens is 2. The zero-order chi connectivity index (χ0) is 20.0. The third-order valence-corrected chi connectivity index (χ3v) is 3.63. The van der Waals surface area contributed by atoms with Gasteiger partial charge in [0.15, 0.2) is 0 Å². The van der Waals surface area contributed by atoms with Gasteiger partial charge in [-0.15, -0.1) is 0 Å². The first-order valence-electron chi connectivity index (χ1n) is 8.07. The number of hydrogen-bond acceptors (Lipinski definition) is 5. The average molecular weight is 384 g/mol. The number of alkyl halides is 3. The van der Waals surface area contributed by atoms with Gasteiger partial charge in [0.2, 0.25) is 0 Å². The second-order valence-corrected chi connectivity index (χ2v) is 5.70. The molecule has 1 amide bonds. The summed E-state index contributed by atoms with van der Waals surface area (Å²) in [6.45, 7) is 2.37. The first-order chi connectivity index (χ1) is 12.7.